The number of carbonyl (C=O) groups is 1. The number of rotatable bonds is 4. The molecule has 0 aliphatic carbocycles. The summed E-state index contributed by atoms with van der Waals surface area (Å²) < 4.78 is 5.91. The highest BCUT2D eigenvalue weighted by Crippen LogP contribution is 2.37. The van der Waals surface area contributed by atoms with Crippen LogP contribution in [0.5, 0.6) is 5.75 Å². The Morgan fingerprint density at radius 1 is 1.04 bits per heavy atom. The van der Waals surface area contributed by atoms with Gasteiger partial charge in [-0.05, 0) is 42.7 Å². The summed E-state index contributed by atoms with van der Waals surface area (Å²) in [6.07, 6.45) is -0.257. The number of ether oxygens (including phenoxy) is 1. The van der Waals surface area contributed by atoms with Gasteiger partial charge >= 0.3 is 0 Å². The van der Waals surface area contributed by atoms with Crippen molar-refractivity contribution in [1.82, 2.24) is 5.32 Å². The van der Waals surface area contributed by atoms with Crippen LogP contribution < -0.4 is 15.4 Å². The van der Waals surface area contributed by atoms with E-state index in [4.69, 9.17) is 4.74 Å². The molecule has 132 valence electrons. The number of amides is 1. The molecule has 3 aromatic rings. The third-order valence-electron chi connectivity index (χ3n) is 4.60. The maximum Gasteiger partial charge on any atom is 0.256 e. The molecule has 0 spiro atoms. The first kappa shape index (κ1) is 16.7. The lowest BCUT2D eigenvalue weighted by Gasteiger charge is -2.26. The summed E-state index contributed by atoms with van der Waals surface area (Å²) in [5, 5.41) is 7.42. The van der Waals surface area contributed by atoms with E-state index in [0.717, 1.165) is 33.0 Å². The van der Waals surface area contributed by atoms with Crippen molar-refractivity contribution in [2.24, 2.45) is 0 Å². The predicted octanol–water partition coefficient (Wildman–Crippen LogP) is 4.80. The van der Waals surface area contributed by atoms with Gasteiger partial charge in [-0.1, -0.05) is 42.5 Å². The Morgan fingerprint density at radius 3 is 2.65 bits per heavy atom. The second-order valence-electron chi connectivity index (χ2n) is 6.38. The van der Waals surface area contributed by atoms with Crippen LogP contribution in [0.15, 0.2) is 54.6 Å². The minimum atomic E-state index is -0.257. The first-order valence-corrected chi connectivity index (χ1v) is 9.37. The van der Waals surface area contributed by atoms with E-state index >= 15 is 0 Å². The maximum atomic E-state index is 12.5. The fourth-order valence-corrected chi connectivity index (χ4v) is 4.15. The third kappa shape index (κ3) is 3.18. The maximum absolute atomic E-state index is 12.5. The van der Waals surface area contributed by atoms with Gasteiger partial charge in [0.1, 0.15) is 23.5 Å². The lowest BCUT2D eigenvalue weighted by Crippen LogP contribution is -2.38. The lowest BCUT2D eigenvalue weighted by atomic mass is 10.1. The van der Waals surface area contributed by atoms with Crippen molar-refractivity contribution in [3.05, 3.63) is 81.7 Å². The molecule has 1 amide bonds. The van der Waals surface area contributed by atoms with Crippen LogP contribution in [0.25, 0.3) is 0 Å². The molecule has 0 saturated carbocycles. The zero-order valence-electron chi connectivity index (χ0n) is 14.7. The first-order valence-electron chi connectivity index (χ1n) is 8.56. The average molecular weight is 364 g/mol. The summed E-state index contributed by atoms with van der Waals surface area (Å²) in [5.74, 6) is 0.757. The van der Waals surface area contributed by atoms with E-state index in [1.807, 2.05) is 68.4 Å². The quantitative estimate of drug-likeness (QED) is 0.699. The SMILES string of the molecule is Cc1sc2c(c1C)C(=O)NC(c1cccc(OCc3ccccc3)c1)N2. The van der Waals surface area contributed by atoms with Crippen LogP contribution in [0.2, 0.25) is 0 Å². The molecule has 4 nitrogen and oxygen atoms in total. The zero-order chi connectivity index (χ0) is 18.1. The van der Waals surface area contributed by atoms with Crippen molar-refractivity contribution in [1.29, 1.82) is 0 Å². The molecule has 0 radical (unpaired) electrons. The molecule has 1 aromatic heterocycles. The minimum Gasteiger partial charge on any atom is -0.489 e. The van der Waals surface area contributed by atoms with Gasteiger partial charge in [0.25, 0.3) is 5.91 Å². The van der Waals surface area contributed by atoms with E-state index in [2.05, 4.69) is 10.6 Å². The van der Waals surface area contributed by atoms with Gasteiger partial charge in [-0.15, -0.1) is 11.3 Å². The molecule has 5 heteroatoms. The number of anilines is 1. The summed E-state index contributed by atoms with van der Waals surface area (Å²) in [6, 6.07) is 17.9. The Labute approximate surface area is 156 Å². The number of hydrogen-bond acceptors (Lipinski definition) is 4. The van der Waals surface area contributed by atoms with Gasteiger partial charge in [-0.3, -0.25) is 4.79 Å². The summed E-state index contributed by atoms with van der Waals surface area (Å²) in [6.45, 7) is 4.55. The highest BCUT2D eigenvalue weighted by molar-refractivity contribution is 7.16. The molecule has 2 N–H and O–H groups in total. The summed E-state index contributed by atoms with van der Waals surface area (Å²) in [7, 11) is 0. The summed E-state index contributed by atoms with van der Waals surface area (Å²) >= 11 is 1.63. The molecule has 0 bridgehead atoms. The van der Waals surface area contributed by atoms with Crippen LogP contribution in [0.3, 0.4) is 0 Å². The highest BCUT2D eigenvalue weighted by Gasteiger charge is 2.29. The Balaban J connectivity index is 1.52. The lowest BCUT2D eigenvalue weighted by molar-refractivity contribution is 0.0935. The van der Waals surface area contributed by atoms with E-state index in [-0.39, 0.29) is 12.1 Å². The Kier molecular flexibility index (Phi) is 4.39. The molecule has 1 atom stereocenters. The Morgan fingerprint density at radius 2 is 1.85 bits per heavy atom. The minimum absolute atomic E-state index is 0.0267. The van der Waals surface area contributed by atoms with Gasteiger partial charge in [0.15, 0.2) is 0 Å². The predicted molar refractivity (Wildman–Crippen MR) is 105 cm³/mol. The second-order valence-corrected chi connectivity index (χ2v) is 7.61. The van der Waals surface area contributed by atoms with Gasteiger partial charge < -0.3 is 15.4 Å². The molecule has 0 fully saturated rings. The van der Waals surface area contributed by atoms with Gasteiger partial charge in [0, 0.05) is 4.88 Å². The zero-order valence-corrected chi connectivity index (χ0v) is 15.5. The molecule has 2 aromatic carbocycles. The number of thiophene rings is 1. The Hall–Kier alpha value is -2.79. The number of aryl methyl sites for hydroxylation is 1. The molecule has 2 heterocycles. The molecule has 0 saturated heterocycles. The van der Waals surface area contributed by atoms with Crippen LogP contribution in [0.4, 0.5) is 5.00 Å². The van der Waals surface area contributed by atoms with Crippen LogP contribution >= 0.6 is 11.3 Å². The second kappa shape index (κ2) is 6.84. The smallest absolute Gasteiger partial charge is 0.256 e. The van der Waals surface area contributed by atoms with Crippen LogP contribution in [0, 0.1) is 13.8 Å². The van der Waals surface area contributed by atoms with E-state index in [1.54, 1.807) is 11.3 Å². The Bertz CT molecular complexity index is 950. The van der Waals surface area contributed by atoms with Crippen molar-refractivity contribution < 1.29 is 9.53 Å². The fraction of sp³-hybridized carbons (Fsp3) is 0.190. The van der Waals surface area contributed by atoms with E-state index < -0.39 is 0 Å². The normalized spacial score (nSPS) is 15.8. The van der Waals surface area contributed by atoms with E-state index in [0.29, 0.717) is 6.61 Å². The molecular formula is C21H20N2O2S. The number of fused-ring (bicyclic) bond motifs is 1. The van der Waals surface area contributed by atoms with Crippen LogP contribution in [-0.2, 0) is 6.61 Å². The van der Waals surface area contributed by atoms with Crippen molar-refractivity contribution in [2.75, 3.05) is 5.32 Å². The standard InChI is InChI=1S/C21H20N2O2S/c1-13-14(2)26-21-18(13)20(24)22-19(23-21)16-9-6-10-17(11-16)25-12-15-7-4-3-5-8-15/h3-11,19,23H,12H2,1-2H3,(H,22,24). The molecule has 1 aliphatic rings. The molecule has 26 heavy (non-hydrogen) atoms. The van der Waals surface area contributed by atoms with Crippen molar-refractivity contribution in [2.45, 2.75) is 26.6 Å². The van der Waals surface area contributed by atoms with Gasteiger partial charge in [0.2, 0.25) is 0 Å². The molecule has 1 unspecified atom stereocenters. The molecule has 4 rings (SSSR count). The number of hydrogen-bond donors (Lipinski definition) is 2. The van der Waals surface area contributed by atoms with Crippen LogP contribution in [0.1, 0.15) is 38.1 Å². The average Bonchev–Trinajstić information content (AvgIpc) is 2.95. The molecular weight excluding hydrogens is 344 g/mol. The van der Waals surface area contributed by atoms with Gasteiger partial charge in [-0.25, -0.2) is 0 Å². The summed E-state index contributed by atoms with van der Waals surface area (Å²) in [5.41, 5.74) is 3.91. The highest BCUT2D eigenvalue weighted by atomic mass is 32.1. The summed E-state index contributed by atoms with van der Waals surface area (Å²) in [4.78, 5) is 13.7. The number of nitrogens with one attached hydrogen (secondary N) is 2. The topological polar surface area (TPSA) is 50.4 Å². The van der Waals surface area contributed by atoms with Crippen molar-refractivity contribution in [3.63, 3.8) is 0 Å². The van der Waals surface area contributed by atoms with Crippen molar-refractivity contribution in [3.8, 4) is 5.75 Å². The van der Waals surface area contributed by atoms with Gasteiger partial charge in [0.05, 0.1) is 5.56 Å². The van der Waals surface area contributed by atoms with Crippen molar-refractivity contribution >= 4 is 22.2 Å². The van der Waals surface area contributed by atoms with E-state index in [9.17, 15) is 4.79 Å². The fourth-order valence-electron chi connectivity index (χ4n) is 3.06. The molecule has 1 aliphatic heterocycles. The third-order valence-corrected chi connectivity index (χ3v) is 5.74. The van der Waals surface area contributed by atoms with Crippen LogP contribution in [-0.4, -0.2) is 5.91 Å². The largest absolute Gasteiger partial charge is 0.489 e. The van der Waals surface area contributed by atoms with Gasteiger partial charge in [-0.2, -0.15) is 0 Å². The number of benzene rings is 2. The first-order chi connectivity index (χ1) is 12.6. The number of carbonyl (C=O) groups excluding carboxylic acids is 1. The monoisotopic (exact) mass is 364 g/mol. The van der Waals surface area contributed by atoms with E-state index in [1.165, 1.54) is 4.88 Å².